The normalized spacial score (nSPS) is 13.3. The summed E-state index contributed by atoms with van der Waals surface area (Å²) in [4.78, 5) is 0. The number of rotatable bonds is 3. The monoisotopic (exact) mass is 622 g/mol. The summed E-state index contributed by atoms with van der Waals surface area (Å²) in [7, 11) is 0. The molecule has 0 saturated heterocycles. The van der Waals surface area contributed by atoms with Crippen molar-refractivity contribution in [1.29, 1.82) is 0 Å². The summed E-state index contributed by atoms with van der Waals surface area (Å²) in [5.74, 6) is 0. The molecule has 0 nitrogen and oxygen atoms in total. The van der Waals surface area contributed by atoms with Crippen LogP contribution >= 0.6 is 0 Å². The molecule has 0 heteroatoms. The summed E-state index contributed by atoms with van der Waals surface area (Å²) < 4.78 is 0. The van der Waals surface area contributed by atoms with Crippen LogP contribution in [0.5, 0.6) is 0 Å². The Morgan fingerprint density at radius 2 is 0.837 bits per heavy atom. The molecule has 0 unspecified atom stereocenters. The zero-order valence-corrected chi connectivity index (χ0v) is 27.7. The van der Waals surface area contributed by atoms with Gasteiger partial charge in [-0.2, -0.15) is 0 Å². The Bertz CT molecular complexity index is 2740. The fourth-order valence-corrected chi connectivity index (χ4v) is 8.73. The standard InChI is InChI=1S/C49H34/c1-49(2)45-25-12-11-20-38(45)39-27-26-32(30-46(39)49)31-15-13-16-34(28-31)47-40-21-7-9-23-42(40)48(43-24-10-8-22-41(43)47)44-29-33-14-3-4-17-35(33)36-18-5-6-19-37(36)44/h3-30H,1-2H3. The van der Waals surface area contributed by atoms with Crippen LogP contribution in [0, 0.1) is 0 Å². The molecule has 0 atom stereocenters. The van der Waals surface area contributed by atoms with Crippen LogP contribution < -0.4 is 0 Å². The molecule has 1 aliphatic carbocycles. The molecule has 9 aromatic carbocycles. The van der Waals surface area contributed by atoms with Crippen molar-refractivity contribution in [3.8, 4) is 44.5 Å². The molecule has 0 aromatic heterocycles. The van der Waals surface area contributed by atoms with Crippen molar-refractivity contribution in [3.05, 3.63) is 181 Å². The summed E-state index contributed by atoms with van der Waals surface area (Å²) in [5, 5.41) is 10.2. The first kappa shape index (κ1) is 28.1. The van der Waals surface area contributed by atoms with Gasteiger partial charge in [0.2, 0.25) is 0 Å². The minimum absolute atomic E-state index is 0.0330. The van der Waals surface area contributed by atoms with E-state index in [4.69, 9.17) is 0 Å². The highest BCUT2D eigenvalue weighted by molar-refractivity contribution is 6.25. The molecule has 9 aromatic rings. The number of hydrogen-bond donors (Lipinski definition) is 0. The maximum absolute atomic E-state index is 2.43. The molecule has 0 aliphatic heterocycles. The third kappa shape index (κ3) is 4.11. The lowest BCUT2D eigenvalue weighted by molar-refractivity contribution is 0.660. The van der Waals surface area contributed by atoms with E-state index in [1.165, 1.54) is 98.7 Å². The summed E-state index contributed by atoms with van der Waals surface area (Å²) in [6.07, 6.45) is 0. The van der Waals surface area contributed by atoms with Crippen molar-refractivity contribution in [3.63, 3.8) is 0 Å². The molecule has 1 aliphatic rings. The Kier molecular flexibility index (Phi) is 6.02. The van der Waals surface area contributed by atoms with E-state index in [1.807, 2.05) is 0 Å². The van der Waals surface area contributed by atoms with E-state index in [0.717, 1.165) is 0 Å². The number of fused-ring (bicyclic) bond motifs is 8. The van der Waals surface area contributed by atoms with Crippen LogP contribution in [-0.2, 0) is 5.41 Å². The number of hydrogen-bond acceptors (Lipinski definition) is 0. The van der Waals surface area contributed by atoms with Crippen molar-refractivity contribution in [2.45, 2.75) is 19.3 Å². The molecule has 0 bridgehead atoms. The second-order valence-electron chi connectivity index (χ2n) is 14.0. The quantitative estimate of drug-likeness (QED) is 0.136. The first-order valence-electron chi connectivity index (χ1n) is 17.3. The third-order valence-corrected chi connectivity index (χ3v) is 11.0. The van der Waals surface area contributed by atoms with E-state index in [-0.39, 0.29) is 5.41 Å². The van der Waals surface area contributed by atoms with Crippen LogP contribution in [-0.4, -0.2) is 0 Å². The summed E-state index contributed by atoms with van der Waals surface area (Å²) in [6, 6.07) is 63.2. The Morgan fingerprint density at radius 1 is 0.306 bits per heavy atom. The van der Waals surface area contributed by atoms with Gasteiger partial charge in [0, 0.05) is 5.41 Å². The summed E-state index contributed by atoms with van der Waals surface area (Å²) in [5.41, 5.74) is 13.1. The van der Waals surface area contributed by atoms with Gasteiger partial charge in [-0.3, -0.25) is 0 Å². The van der Waals surface area contributed by atoms with Gasteiger partial charge in [-0.1, -0.05) is 166 Å². The van der Waals surface area contributed by atoms with Crippen molar-refractivity contribution in [2.24, 2.45) is 0 Å². The highest BCUT2D eigenvalue weighted by Crippen LogP contribution is 2.50. The minimum atomic E-state index is -0.0330. The van der Waals surface area contributed by atoms with Gasteiger partial charge >= 0.3 is 0 Å². The average Bonchev–Trinajstić information content (AvgIpc) is 3.39. The molecule has 0 amide bonds. The Labute approximate surface area is 286 Å². The van der Waals surface area contributed by atoms with Crippen molar-refractivity contribution < 1.29 is 0 Å². The van der Waals surface area contributed by atoms with Crippen molar-refractivity contribution in [2.75, 3.05) is 0 Å². The molecule has 0 radical (unpaired) electrons. The van der Waals surface area contributed by atoms with E-state index in [0.29, 0.717) is 0 Å². The van der Waals surface area contributed by atoms with Gasteiger partial charge in [0.1, 0.15) is 0 Å². The van der Waals surface area contributed by atoms with Crippen LogP contribution in [0.4, 0.5) is 0 Å². The molecule has 10 rings (SSSR count). The lowest BCUT2D eigenvalue weighted by Gasteiger charge is -2.22. The van der Waals surface area contributed by atoms with E-state index in [1.54, 1.807) is 0 Å². The van der Waals surface area contributed by atoms with Crippen LogP contribution in [0.1, 0.15) is 25.0 Å². The highest BCUT2D eigenvalue weighted by Gasteiger charge is 2.35. The predicted octanol–water partition coefficient (Wildman–Crippen LogP) is 13.6. The highest BCUT2D eigenvalue weighted by atomic mass is 14.4. The maximum atomic E-state index is 2.43. The molecule has 230 valence electrons. The van der Waals surface area contributed by atoms with Crippen molar-refractivity contribution in [1.82, 2.24) is 0 Å². The molecule has 0 saturated carbocycles. The second-order valence-corrected chi connectivity index (χ2v) is 14.0. The fraction of sp³-hybridized carbons (Fsp3) is 0.0612. The summed E-state index contributed by atoms with van der Waals surface area (Å²) in [6.45, 7) is 4.72. The largest absolute Gasteiger partial charge is 0.0619 e. The molecule has 49 heavy (non-hydrogen) atoms. The molecule has 0 fully saturated rings. The van der Waals surface area contributed by atoms with Gasteiger partial charge in [-0.05, 0) is 117 Å². The van der Waals surface area contributed by atoms with Crippen LogP contribution in [0.25, 0.3) is 87.6 Å². The van der Waals surface area contributed by atoms with E-state index in [9.17, 15) is 0 Å². The topological polar surface area (TPSA) is 0 Å². The van der Waals surface area contributed by atoms with Crippen LogP contribution in [0.2, 0.25) is 0 Å². The summed E-state index contributed by atoms with van der Waals surface area (Å²) >= 11 is 0. The first-order chi connectivity index (χ1) is 24.1. The molecule has 0 heterocycles. The first-order valence-corrected chi connectivity index (χ1v) is 17.3. The van der Waals surface area contributed by atoms with Gasteiger partial charge in [0.15, 0.2) is 0 Å². The fourth-order valence-electron chi connectivity index (χ4n) is 8.73. The maximum Gasteiger partial charge on any atom is 0.0159 e. The molecular weight excluding hydrogens is 589 g/mol. The Hall–Kier alpha value is -5.98. The second kappa shape index (κ2) is 10.5. The predicted molar refractivity (Wildman–Crippen MR) is 210 cm³/mol. The average molecular weight is 623 g/mol. The molecular formula is C49H34. The smallest absolute Gasteiger partial charge is 0.0159 e. The third-order valence-electron chi connectivity index (χ3n) is 11.0. The zero-order chi connectivity index (χ0) is 32.7. The lowest BCUT2D eigenvalue weighted by atomic mass is 9.81. The van der Waals surface area contributed by atoms with E-state index in [2.05, 4.69) is 184 Å². The minimum Gasteiger partial charge on any atom is -0.0619 e. The van der Waals surface area contributed by atoms with E-state index >= 15 is 0 Å². The van der Waals surface area contributed by atoms with Gasteiger partial charge < -0.3 is 0 Å². The van der Waals surface area contributed by atoms with Gasteiger partial charge in [-0.15, -0.1) is 0 Å². The number of benzene rings is 9. The lowest BCUT2D eigenvalue weighted by Crippen LogP contribution is -2.14. The Balaban J connectivity index is 1.21. The van der Waals surface area contributed by atoms with Gasteiger partial charge in [0.25, 0.3) is 0 Å². The zero-order valence-electron chi connectivity index (χ0n) is 27.7. The van der Waals surface area contributed by atoms with Gasteiger partial charge in [0.05, 0.1) is 0 Å². The van der Waals surface area contributed by atoms with Crippen LogP contribution in [0.3, 0.4) is 0 Å². The van der Waals surface area contributed by atoms with Crippen molar-refractivity contribution >= 4 is 43.1 Å². The SMILES string of the molecule is CC1(C)c2ccccc2-c2ccc(-c3cccc(-c4c5ccccc5c(-c5cc6ccccc6c6ccccc56)c5ccccc45)c3)cc21. The Morgan fingerprint density at radius 3 is 1.57 bits per heavy atom. The van der Waals surface area contributed by atoms with E-state index < -0.39 is 0 Å². The molecule has 0 N–H and O–H groups in total. The van der Waals surface area contributed by atoms with Gasteiger partial charge in [-0.25, -0.2) is 0 Å². The molecule has 0 spiro atoms. The van der Waals surface area contributed by atoms with Crippen LogP contribution in [0.15, 0.2) is 170 Å².